The van der Waals surface area contributed by atoms with Crippen molar-refractivity contribution in [3.05, 3.63) is 51.6 Å². The van der Waals surface area contributed by atoms with Crippen LogP contribution in [-0.4, -0.2) is 27.3 Å². The molecule has 0 spiro atoms. The van der Waals surface area contributed by atoms with Gasteiger partial charge in [0.05, 0.1) is 16.6 Å². The monoisotopic (exact) mass is 452 g/mol. The number of ketones is 1. The van der Waals surface area contributed by atoms with Crippen LogP contribution in [0, 0.1) is 6.92 Å². The van der Waals surface area contributed by atoms with E-state index in [1.807, 2.05) is 19.2 Å². The molecule has 4 aromatic rings. The first-order valence-electron chi connectivity index (χ1n) is 10.6. The first kappa shape index (κ1) is 20.5. The Labute approximate surface area is 188 Å². The quantitative estimate of drug-likeness (QED) is 0.384. The van der Waals surface area contributed by atoms with E-state index < -0.39 is 0 Å². The Morgan fingerprint density at radius 3 is 3.03 bits per heavy atom. The molecule has 0 unspecified atom stereocenters. The standard InChI is InChI=1S/C23H24N4O2S2/c1-14-13-29-21(26-14)5-3-2-4-15(28)10-19-22(16-6-8-25-12-20(16)30-19)23-27-17-11-24-9-7-18(17)31-23/h7,9,11,13,25H,2-6,8,10,12H2,1H3. The number of Topliss-reactive ketones (excluding diaryl/α,β-unsaturated/α-hetero) is 1. The van der Waals surface area contributed by atoms with E-state index in [0.717, 1.165) is 70.5 Å². The lowest BCUT2D eigenvalue weighted by Crippen LogP contribution is -2.22. The number of pyridine rings is 1. The summed E-state index contributed by atoms with van der Waals surface area (Å²) in [4.78, 5) is 28.7. The predicted octanol–water partition coefficient (Wildman–Crippen LogP) is 4.89. The van der Waals surface area contributed by atoms with Crippen LogP contribution in [0.5, 0.6) is 0 Å². The smallest absolute Gasteiger partial charge is 0.194 e. The highest BCUT2D eigenvalue weighted by atomic mass is 32.1. The third kappa shape index (κ3) is 4.46. The molecule has 1 N–H and O–H groups in total. The van der Waals surface area contributed by atoms with Gasteiger partial charge in [0.15, 0.2) is 5.89 Å². The molecule has 0 amide bonds. The number of carbonyl (C=O) groups excluding carboxylic acids is 1. The molecule has 6 nitrogen and oxygen atoms in total. The maximum atomic E-state index is 12.8. The minimum Gasteiger partial charge on any atom is -0.449 e. The molecule has 8 heteroatoms. The zero-order chi connectivity index (χ0) is 21.2. The lowest BCUT2D eigenvalue weighted by Gasteiger charge is -2.13. The lowest BCUT2D eigenvalue weighted by molar-refractivity contribution is -0.118. The van der Waals surface area contributed by atoms with Gasteiger partial charge in [-0.2, -0.15) is 0 Å². The summed E-state index contributed by atoms with van der Waals surface area (Å²) in [5, 5.41) is 4.47. The Morgan fingerprint density at radius 1 is 1.26 bits per heavy atom. The van der Waals surface area contributed by atoms with Crippen molar-refractivity contribution in [2.75, 3.05) is 6.54 Å². The summed E-state index contributed by atoms with van der Waals surface area (Å²) >= 11 is 3.47. The van der Waals surface area contributed by atoms with Crippen LogP contribution in [0.25, 0.3) is 20.8 Å². The second-order valence-corrected chi connectivity index (χ2v) is 10.1. The Morgan fingerprint density at radius 2 is 2.19 bits per heavy atom. The highest BCUT2D eigenvalue weighted by Gasteiger charge is 2.25. The summed E-state index contributed by atoms with van der Waals surface area (Å²) < 4.78 is 6.53. The molecule has 0 aromatic carbocycles. The van der Waals surface area contributed by atoms with E-state index in [-0.39, 0.29) is 0 Å². The van der Waals surface area contributed by atoms with E-state index in [1.54, 1.807) is 35.1 Å². The van der Waals surface area contributed by atoms with E-state index in [9.17, 15) is 4.79 Å². The number of carbonyl (C=O) groups is 1. The molecular weight excluding hydrogens is 428 g/mol. The average Bonchev–Trinajstić information content (AvgIpc) is 3.46. The molecule has 0 atom stereocenters. The largest absolute Gasteiger partial charge is 0.449 e. The van der Waals surface area contributed by atoms with Gasteiger partial charge in [0, 0.05) is 47.3 Å². The third-order valence-corrected chi connectivity index (χ3v) is 7.81. The summed E-state index contributed by atoms with van der Waals surface area (Å²) in [5.74, 6) is 1.05. The molecule has 4 aromatic heterocycles. The number of nitrogens with one attached hydrogen (secondary N) is 1. The van der Waals surface area contributed by atoms with Crippen LogP contribution in [0.3, 0.4) is 0 Å². The molecule has 5 rings (SSSR count). The van der Waals surface area contributed by atoms with Crippen molar-refractivity contribution in [1.82, 2.24) is 20.3 Å². The van der Waals surface area contributed by atoms with Gasteiger partial charge in [-0.3, -0.25) is 9.78 Å². The van der Waals surface area contributed by atoms with Gasteiger partial charge in [-0.25, -0.2) is 9.97 Å². The number of hydrogen-bond donors (Lipinski definition) is 1. The summed E-state index contributed by atoms with van der Waals surface area (Å²) in [6, 6.07) is 2.01. The molecule has 0 fully saturated rings. The normalized spacial score (nSPS) is 13.6. The number of oxazole rings is 1. The van der Waals surface area contributed by atoms with Gasteiger partial charge in [0.25, 0.3) is 0 Å². The van der Waals surface area contributed by atoms with E-state index in [4.69, 9.17) is 9.40 Å². The van der Waals surface area contributed by atoms with Gasteiger partial charge in [0.2, 0.25) is 0 Å². The highest BCUT2D eigenvalue weighted by Crippen LogP contribution is 2.41. The fraction of sp³-hybridized carbons (Fsp3) is 0.391. The van der Waals surface area contributed by atoms with E-state index in [2.05, 4.69) is 15.3 Å². The van der Waals surface area contributed by atoms with E-state index >= 15 is 0 Å². The van der Waals surface area contributed by atoms with E-state index in [0.29, 0.717) is 18.6 Å². The third-order valence-electron chi connectivity index (χ3n) is 5.53. The van der Waals surface area contributed by atoms with Crippen LogP contribution in [0.2, 0.25) is 0 Å². The second kappa shape index (κ2) is 8.98. The van der Waals surface area contributed by atoms with Crippen LogP contribution >= 0.6 is 22.7 Å². The fourth-order valence-corrected chi connectivity index (χ4v) is 6.49. The fourth-order valence-electron chi connectivity index (χ4n) is 4.03. The van der Waals surface area contributed by atoms with Crippen molar-refractivity contribution < 1.29 is 9.21 Å². The van der Waals surface area contributed by atoms with Crippen molar-refractivity contribution in [3.63, 3.8) is 0 Å². The van der Waals surface area contributed by atoms with Gasteiger partial charge in [0.1, 0.15) is 22.6 Å². The minimum absolute atomic E-state index is 0.291. The van der Waals surface area contributed by atoms with Crippen molar-refractivity contribution >= 4 is 38.7 Å². The van der Waals surface area contributed by atoms with Gasteiger partial charge in [-0.05, 0) is 44.4 Å². The zero-order valence-electron chi connectivity index (χ0n) is 17.4. The van der Waals surface area contributed by atoms with Crippen molar-refractivity contribution in [2.24, 2.45) is 0 Å². The van der Waals surface area contributed by atoms with Crippen molar-refractivity contribution in [1.29, 1.82) is 0 Å². The molecule has 0 radical (unpaired) electrons. The maximum absolute atomic E-state index is 12.8. The summed E-state index contributed by atoms with van der Waals surface area (Å²) in [6.07, 6.45) is 9.90. The molecule has 31 heavy (non-hydrogen) atoms. The second-order valence-electron chi connectivity index (χ2n) is 7.90. The Kier molecular flexibility index (Phi) is 5.93. The number of unbranched alkanes of at least 4 members (excludes halogenated alkanes) is 1. The number of rotatable bonds is 8. The Hall–Kier alpha value is -2.42. The van der Waals surface area contributed by atoms with Crippen molar-refractivity contribution in [2.45, 2.75) is 52.0 Å². The predicted molar refractivity (Wildman–Crippen MR) is 124 cm³/mol. The Bertz CT molecular complexity index is 1190. The summed E-state index contributed by atoms with van der Waals surface area (Å²) in [5.41, 5.74) is 4.40. The van der Waals surface area contributed by atoms with Gasteiger partial charge in [-0.1, -0.05) is 0 Å². The van der Waals surface area contributed by atoms with Crippen molar-refractivity contribution in [3.8, 4) is 10.6 Å². The number of thiophene rings is 1. The molecule has 0 saturated heterocycles. The average molecular weight is 453 g/mol. The highest BCUT2D eigenvalue weighted by molar-refractivity contribution is 7.22. The summed E-state index contributed by atoms with van der Waals surface area (Å²) in [6.45, 7) is 3.77. The van der Waals surface area contributed by atoms with Crippen LogP contribution < -0.4 is 5.32 Å². The molecular formula is C23H24N4O2S2. The minimum atomic E-state index is 0.291. The summed E-state index contributed by atoms with van der Waals surface area (Å²) in [7, 11) is 0. The molecule has 1 aliphatic rings. The van der Waals surface area contributed by atoms with Gasteiger partial charge in [-0.15, -0.1) is 22.7 Å². The molecule has 0 aliphatic carbocycles. The molecule has 1 aliphatic heterocycles. The van der Waals surface area contributed by atoms with E-state index in [1.165, 1.54) is 16.0 Å². The first-order valence-corrected chi connectivity index (χ1v) is 12.3. The number of aryl methyl sites for hydroxylation is 2. The van der Waals surface area contributed by atoms with Crippen LogP contribution in [0.1, 0.15) is 46.2 Å². The first-order chi connectivity index (χ1) is 15.2. The SMILES string of the molecule is Cc1coc(CCCCC(=O)Cc2sc3c(c2-c2nc4cnccc4s2)CCNC3)n1. The van der Waals surface area contributed by atoms with Crippen LogP contribution in [0.15, 0.2) is 29.1 Å². The van der Waals surface area contributed by atoms with Gasteiger partial charge >= 0.3 is 0 Å². The zero-order valence-corrected chi connectivity index (χ0v) is 19.1. The number of thiazole rings is 1. The number of nitrogens with zero attached hydrogens (tertiary/aromatic N) is 3. The molecule has 5 heterocycles. The van der Waals surface area contributed by atoms with Crippen LogP contribution in [0.4, 0.5) is 0 Å². The molecule has 0 bridgehead atoms. The van der Waals surface area contributed by atoms with Gasteiger partial charge < -0.3 is 9.73 Å². The van der Waals surface area contributed by atoms with Crippen LogP contribution in [-0.2, 0) is 30.6 Å². The maximum Gasteiger partial charge on any atom is 0.194 e. The topological polar surface area (TPSA) is 80.9 Å². The Balaban J connectivity index is 1.31. The molecule has 0 saturated carbocycles. The lowest BCUT2D eigenvalue weighted by atomic mass is 10.00. The molecule has 160 valence electrons. The number of aromatic nitrogens is 3. The number of fused-ring (bicyclic) bond motifs is 2. The number of hydrogen-bond acceptors (Lipinski definition) is 8.